The van der Waals surface area contributed by atoms with Crippen molar-refractivity contribution in [2.24, 2.45) is 0 Å². The van der Waals surface area contributed by atoms with Crippen LogP contribution in [0.1, 0.15) is 35.3 Å². The molecule has 1 aromatic carbocycles. The molecule has 1 aliphatic heterocycles. The number of ether oxygens (including phenoxy) is 1. The highest BCUT2D eigenvalue weighted by Gasteiger charge is 2.22. The van der Waals surface area contributed by atoms with Crippen molar-refractivity contribution in [3.05, 3.63) is 34.9 Å². The van der Waals surface area contributed by atoms with E-state index in [1.165, 1.54) is 0 Å². The maximum absolute atomic E-state index is 10.8. The summed E-state index contributed by atoms with van der Waals surface area (Å²) >= 11 is 0. The molecule has 1 heterocycles. The normalized spacial score (nSPS) is 16.7. The SMILES string of the molecule is Cc1cc2c(cc1C=O)C=CC(C)(C)O2. The molecule has 0 unspecified atom stereocenters. The van der Waals surface area contributed by atoms with Gasteiger partial charge in [-0.1, -0.05) is 6.08 Å². The van der Waals surface area contributed by atoms with Crippen molar-refractivity contribution < 1.29 is 9.53 Å². The molecule has 0 bridgehead atoms. The van der Waals surface area contributed by atoms with Crippen LogP contribution in [-0.2, 0) is 0 Å². The van der Waals surface area contributed by atoms with Crippen molar-refractivity contribution in [1.29, 1.82) is 0 Å². The number of rotatable bonds is 1. The fourth-order valence-electron chi connectivity index (χ4n) is 1.67. The number of aryl methyl sites for hydroxylation is 1. The highest BCUT2D eigenvalue weighted by atomic mass is 16.5. The quantitative estimate of drug-likeness (QED) is 0.654. The van der Waals surface area contributed by atoms with E-state index >= 15 is 0 Å². The van der Waals surface area contributed by atoms with Gasteiger partial charge in [-0.3, -0.25) is 4.79 Å². The van der Waals surface area contributed by atoms with Crippen LogP contribution in [0.2, 0.25) is 0 Å². The number of benzene rings is 1. The topological polar surface area (TPSA) is 26.3 Å². The minimum atomic E-state index is -0.262. The summed E-state index contributed by atoms with van der Waals surface area (Å²) in [4.78, 5) is 10.8. The van der Waals surface area contributed by atoms with Crippen LogP contribution >= 0.6 is 0 Å². The second kappa shape index (κ2) is 3.23. The molecule has 0 aromatic heterocycles. The lowest BCUT2D eigenvalue weighted by atomic mass is 9.99. The van der Waals surface area contributed by atoms with E-state index in [0.29, 0.717) is 0 Å². The fourth-order valence-corrected chi connectivity index (χ4v) is 1.67. The van der Waals surface area contributed by atoms with Crippen LogP contribution in [0.3, 0.4) is 0 Å². The van der Waals surface area contributed by atoms with Crippen LogP contribution in [0, 0.1) is 6.92 Å². The summed E-state index contributed by atoms with van der Waals surface area (Å²) in [5.41, 5.74) is 2.39. The van der Waals surface area contributed by atoms with Crippen LogP contribution in [0.15, 0.2) is 18.2 Å². The first-order valence-corrected chi connectivity index (χ1v) is 5.00. The smallest absolute Gasteiger partial charge is 0.150 e. The Morgan fingerprint density at radius 2 is 2.07 bits per heavy atom. The molecule has 0 spiro atoms. The molecule has 0 aliphatic carbocycles. The molecule has 0 radical (unpaired) electrons. The molecular weight excluding hydrogens is 188 g/mol. The largest absolute Gasteiger partial charge is 0.483 e. The summed E-state index contributed by atoms with van der Waals surface area (Å²) < 4.78 is 5.80. The van der Waals surface area contributed by atoms with Crippen LogP contribution < -0.4 is 4.74 Å². The van der Waals surface area contributed by atoms with Gasteiger partial charge in [0.25, 0.3) is 0 Å². The zero-order valence-corrected chi connectivity index (χ0v) is 9.20. The zero-order valence-electron chi connectivity index (χ0n) is 9.20. The zero-order chi connectivity index (χ0) is 11.1. The molecule has 2 nitrogen and oxygen atoms in total. The summed E-state index contributed by atoms with van der Waals surface area (Å²) in [6.45, 7) is 5.93. The Bertz CT molecular complexity index is 442. The Morgan fingerprint density at radius 1 is 1.33 bits per heavy atom. The average molecular weight is 202 g/mol. The Kier molecular flexibility index (Phi) is 2.14. The van der Waals surface area contributed by atoms with E-state index in [2.05, 4.69) is 0 Å². The number of hydrogen-bond donors (Lipinski definition) is 0. The first-order valence-electron chi connectivity index (χ1n) is 5.00. The minimum Gasteiger partial charge on any atom is -0.483 e. The van der Waals surface area contributed by atoms with Gasteiger partial charge in [0.05, 0.1) is 0 Å². The lowest BCUT2D eigenvalue weighted by Crippen LogP contribution is -2.27. The van der Waals surface area contributed by atoms with Gasteiger partial charge in [-0.05, 0) is 44.5 Å². The van der Waals surface area contributed by atoms with E-state index in [1.54, 1.807) is 0 Å². The molecular formula is C13H14O2. The van der Waals surface area contributed by atoms with Gasteiger partial charge in [0, 0.05) is 11.1 Å². The Labute approximate surface area is 89.6 Å². The summed E-state index contributed by atoms with van der Waals surface area (Å²) in [5.74, 6) is 0.852. The third-order valence-corrected chi connectivity index (χ3v) is 2.56. The van der Waals surface area contributed by atoms with E-state index in [0.717, 1.165) is 28.7 Å². The molecule has 0 saturated carbocycles. The molecule has 0 saturated heterocycles. The summed E-state index contributed by atoms with van der Waals surface area (Å²) in [6, 6.07) is 3.79. The van der Waals surface area contributed by atoms with E-state index in [-0.39, 0.29) is 5.60 Å². The maximum Gasteiger partial charge on any atom is 0.150 e. The van der Waals surface area contributed by atoms with Gasteiger partial charge < -0.3 is 4.74 Å². The second-order valence-electron chi connectivity index (χ2n) is 4.40. The maximum atomic E-state index is 10.8. The Balaban J connectivity index is 2.53. The molecule has 1 aliphatic rings. The average Bonchev–Trinajstić information content (AvgIpc) is 2.15. The van der Waals surface area contributed by atoms with Crippen LogP contribution in [-0.4, -0.2) is 11.9 Å². The molecule has 0 atom stereocenters. The molecule has 15 heavy (non-hydrogen) atoms. The molecule has 2 heteroatoms. The molecule has 1 aromatic rings. The number of fused-ring (bicyclic) bond motifs is 1. The second-order valence-corrected chi connectivity index (χ2v) is 4.40. The first-order chi connectivity index (χ1) is 7.02. The minimum absolute atomic E-state index is 0.262. The van der Waals surface area contributed by atoms with Gasteiger partial charge >= 0.3 is 0 Å². The summed E-state index contributed by atoms with van der Waals surface area (Å²) in [5, 5.41) is 0. The Morgan fingerprint density at radius 3 is 2.73 bits per heavy atom. The number of hydrogen-bond acceptors (Lipinski definition) is 2. The number of carbonyl (C=O) groups is 1. The predicted octanol–water partition coefficient (Wildman–Crippen LogP) is 2.99. The number of aldehydes is 1. The van der Waals surface area contributed by atoms with E-state index in [4.69, 9.17) is 4.74 Å². The predicted molar refractivity (Wildman–Crippen MR) is 60.3 cm³/mol. The van der Waals surface area contributed by atoms with E-state index < -0.39 is 0 Å². The molecule has 0 amide bonds. The van der Waals surface area contributed by atoms with E-state index in [9.17, 15) is 4.79 Å². The highest BCUT2D eigenvalue weighted by Crippen LogP contribution is 2.32. The van der Waals surface area contributed by atoms with Crippen molar-refractivity contribution in [3.8, 4) is 5.75 Å². The van der Waals surface area contributed by atoms with Gasteiger partial charge in [-0.25, -0.2) is 0 Å². The van der Waals surface area contributed by atoms with Gasteiger partial charge in [-0.2, -0.15) is 0 Å². The van der Waals surface area contributed by atoms with Gasteiger partial charge in [0.2, 0.25) is 0 Å². The Hall–Kier alpha value is -1.57. The van der Waals surface area contributed by atoms with Gasteiger partial charge in [0.15, 0.2) is 0 Å². The van der Waals surface area contributed by atoms with Crippen LogP contribution in [0.25, 0.3) is 6.08 Å². The summed E-state index contributed by atoms with van der Waals surface area (Å²) in [6.07, 6.45) is 4.88. The molecule has 0 fully saturated rings. The summed E-state index contributed by atoms with van der Waals surface area (Å²) in [7, 11) is 0. The van der Waals surface area contributed by atoms with Crippen molar-refractivity contribution >= 4 is 12.4 Å². The molecule has 2 rings (SSSR count). The van der Waals surface area contributed by atoms with Crippen molar-refractivity contribution in [2.45, 2.75) is 26.4 Å². The molecule has 0 N–H and O–H groups in total. The van der Waals surface area contributed by atoms with Gasteiger partial charge in [-0.15, -0.1) is 0 Å². The number of carbonyl (C=O) groups excluding carboxylic acids is 1. The fraction of sp³-hybridized carbons (Fsp3) is 0.308. The highest BCUT2D eigenvalue weighted by molar-refractivity contribution is 5.80. The van der Waals surface area contributed by atoms with Crippen molar-refractivity contribution in [1.82, 2.24) is 0 Å². The van der Waals surface area contributed by atoms with Gasteiger partial charge in [0.1, 0.15) is 17.6 Å². The van der Waals surface area contributed by atoms with Crippen LogP contribution in [0.5, 0.6) is 5.75 Å². The van der Waals surface area contributed by atoms with E-state index in [1.807, 2.05) is 45.1 Å². The first kappa shape index (κ1) is 9.97. The lowest BCUT2D eigenvalue weighted by molar-refractivity contribution is 0.112. The van der Waals surface area contributed by atoms with Crippen LogP contribution in [0.4, 0.5) is 0 Å². The van der Waals surface area contributed by atoms with Crippen molar-refractivity contribution in [2.75, 3.05) is 0 Å². The standard InChI is InChI=1S/C13H14O2/c1-9-6-12-10(7-11(9)8-14)4-5-13(2,3)15-12/h4-8H,1-3H3. The third kappa shape index (κ3) is 1.80. The lowest BCUT2D eigenvalue weighted by Gasteiger charge is -2.28. The molecule has 78 valence electrons. The third-order valence-electron chi connectivity index (χ3n) is 2.56. The monoisotopic (exact) mass is 202 g/mol. The van der Waals surface area contributed by atoms with Crippen molar-refractivity contribution in [3.63, 3.8) is 0 Å².